The monoisotopic (exact) mass is 380 g/mol. The van der Waals surface area contributed by atoms with Gasteiger partial charge in [0.05, 0.1) is 18.4 Å². The Morgan fingerprint density at radius 1 is 1.50 bits per heavy atom. The van der Waals surface area contributed by atoms with Crippen LogP contribution in [0.2, 0.25) is 0 Å². The molecule has 22 heavy (non-hydrogen) atoms. The van der Waals surface area contributed by atoms with Crippen LogP contribution in [-0.2, 0) is 6.42 Å². The largest absolute Gasteiger partial charge is 0.496 e. The Morgan fingerprint density at radius 2 is 2.36 bits per heavy atom. The molecule has 0 aliphatic rings. The Morgan fingerprint density at radius 3 is 3.18 bits per heavy atom. The van der Waals surface area contributed by atoms with E-state index >= 15 is 0 Å². The number of amides is 1. The number of carbonyl (C=O) groups is 1. The second kappa shape index (κ2) is 6.45. The lowest BCUT2D eigenvalue weighted by atomic mass is 10.2. The third-order valence-corrected chi connectivity index (χ3v) is 4.53. The minimum Gasteiger partial charge on any atom is -0.496 e. The number of halogens is 1. The maximum absolute atomic E-state index is 12.3. The van der Waals surface area contributed by atoms with Crippen LogP contribution in [0, 0.1) is 0 Å². The Labute approximate surface area is 139 Å². The smallest absolute Gasteiger partial charge is 0.255 e. The van der Waals surface area contributed by atoms with Crippen LogP contribution in [0.4, 0.5) is 0 Å². The first kappa shape index (κ1) is 15.0. The fourth-order valence-corrected chi connectivity index (χ4v) is 3.29. The molecule has 0 saturated heterocycles. The maximum Gasteiger partial charge on any atom is 0.255 e. The number of hydrogen-bond donors (Lipinski definition) is 1. The van der Waals surface area contributed by atoms with Gasteiger partial charge >= 0.3 is 0 Å². The van der Waals surface area contributed by atoms with Crippen LogP contribution in [-0.4, -0.2) is 34.2 Å². The predicted octanol–water partition coefficient (Wildman–Crippen LogP) is 2.53. The van der Waals surface area contributed by atoms with Gasteiger partial charge in [0.2, 0.25) is 4.96 Å². The van der Waals surface area contributed by atoms with E-state index in [4.69, 9.17) is 4.74 Å². The predicted molar refractivity (Wildman–Crippen MR) is 87.6 cm³/mol. The lowest BCUT2D eigenvalue weighted by Gasteiger charge is -2.09. The van der Waals surface area contributed by atoms with Crippen molar-refractivity contribution in [1.29, 1.82) is 0 Å². The normalized spacial score (nSPS) is 10.8. The number of hydrogen-bond acceptors (Lipinski definition) is 5. The van der Waals surface area contributed by atoms with Crippen molar-refractivity contribution < 1.29 is 9.53 Å². The molecule has 3 rings (SSSR count). The van der Waals surface area contributed by atoms with E-state index in [1.165, 1.54) is 17.7 Å². The SMILES string of the molecule is COc1ccc(Br)cc1C(=O)NCCc1csc2ncnn12. The zero-order chi connectivity index (χ0) is 15.5. The third kappa shape index (κ3) is 2.97. The van der Waals surface area contributed by atoms with Crippen molar-refractivity contribution in [2.24, 2.45) is 0 Å². The second-order valence-corrected chi connectivity index (χ2v) is 6.28. The number of benzene rings is 1. The quantitative estimate of drug-likeness (QED) is 0.738. The molecule has 114 valence electrons. The van der Waals surface area contributed by atoms with Crippen molar-refractivity contribution in [3.63, 3.8) is 0 Å². The summed E-state index contributed by atoms with van der Waals surface area (Å²) in [4.78, 5) is 17.3. The molecule has 1 N–H and O–H groups in total. The highest BCUT2D eigenvalue weighted by Crippen LogP contribution is 2.22. The molecule has 8 heteroatoms. The molecule has 0 aliphatic carbocycles. The van der Waals surface area contributed by atoms with Crippen molar-refractivity contribution in [3.05, 3.63) is 45.6 Å². The first-order valence-corrected chi connectivity index (χ1v) is 8.24. The molecule has 0 radical (unpaired) electrons. The fraction of sp³-hybridized carbons (Fsp3) is 0.214. The van der Waals surface area contributed by atoms with Gasteiger partial charge in [0.15, 0.2) is 0 Å². The van der Waals surface area contributed by atoms with Crippen molar-refractivity contribution in [2.75, 3.05) is 13.7 Å². The third-order valence-electron chi connectivity index (χ3n) is 3.16. The van der Waals surface area contributed by atoms with Crippen molar-refractivity contribution in [1.82, 2.24) is 19.9 Å². The molecule has 0 unspecified atom stereocenters. The highest BCUT2D eigenvalue weighted by Gasteiger charge is 2.13. The molecule has 1 aromatic carbocycles. The molecular weight excluding hydrogens is 368 g/mol. The molecule has 2 heterocycles. The molecule has 2 aromatic heterocycles. The molecule has 6 nitrogen and oxygen atoms in total. The van der Waals surface area contributed by atoms with Crippen LogP contribution in [0.25, 0.3) is 4.96 Å². The number of methoxy groups -OCH3 is 1. The summed E-state index contributed by atoms with van der Waals surface area (Å²) in [5.41, 5.74) is 1.53. The lowest BCUT2D eigenvalue weighted by molar-refractivity contribution is 0.0951. The van der Waals surface area contributed by atoms with Crippen molar-refractivity contribution in [3.8, 4) is 5.75 Å². The van der Waals surface area contributed by atoms with E-state index in [1.54, 1.807) is 23.8 Å². The standard InChI is InChI=1S/C14H13BrN4O2S/c1-21-12-3-2-9(15)6-11(12)13(20)16-5-4-10-7-22-14-17-8-18-19(10)14/h2-3,6-8H,4-5H2,1H3,(H,16,20). The Bertz CT molecular complexity index is 814. The van der Waals surface area contributed by atoms with Crippen molar-refractivity contribution >= 4 is 38.1 Å². The summed E-state index contributed by atoms with van der Waals surface area (Å²) in [5, 5.41) is 9.05. The number of thiazole rings is 1. The van der Waals surface area contributed by atoms with Crippen LogP contribution in [0.3, 0.4) is 0 Å². The van der Waals surface area contributed by atoms with E-state index in [1.807, 2.05) is 11.4 Å². The first-order valence-electron chi connectivity index (χ1n) is 6.57. The second-order valence-electron chi connectivity index (χ2n) is 4.53. The highest BCUT2D eigenvalue weighted by molar-refractivity contribution is 9.10. The van der Waals surface area contributed by atoms with Gasteiger partial charge < -0.3 is 10.1 Å². The van der Waals surface area contributed by atoms with Crippen LogP contribution in [0.1, 0.15) is 16.1 Å². The summed E-state index contributed by atoms with van der Waals surface area (Å²) >= 11 is 4.90. The number of aromatic nitrogens is 3. The topological polar surface area (TPSA) is 68.5 Å². The summed E-state index contributed by atoms with van der Waals surface area (Å²) < 4.78 is 7.84. The summed E-state index contributed by atoms with van der Waals surface area (Å²) in [6.07, 6.45) is 2.21. The number of nitrogens with one attached hydrogen (secondary N) is 1. The fourth-order valence-electron chi connectivity index (χ4n) is 2.10. The number of carbonyl (C=O) groups excluding carboxylic acids is 1. The Kier molecular flexibility index (Phi) is 4.39. The first-order chi connectivity index (χ1) is 10.7. The van der Waals surface area contributed by atoms with Gasteiger partial charge in [-0.25, -0.2) is 9.50 Å². The molecular formula is C14H13BrN4O2S. The molecule has 0 spiro atoms. The van der Waals surface area contributed by atoms with Crippen LogP contribution in [0.15, 0.2) is 34.4 Å². The van der Waals surface area contributed by atoms with Crippen LogP contribution >= 0.6 is 27.3 Å². The Balaban J connectivity index is 1.65. The van der Waals surface area contributed by atoms with Gasteiger partial charge in [-0.3, -0.25) is 4.79 Å². The lowest BCUT2D eigenvalue weighted by Crippen LogP contribution is -2.26. The summed E-state index contributed by atoms with van der Waals surface area (Å²) in [7, 11) is 1.55. The Hall–Kier alpha value is -1.93. The van der Waals surface area contributed by atoms with Gasteiger partial charge in [-0.1, -0.05) is 15.9 Å². The van der Waals surface area contributed by atoms with Crippen LogP contribution in [0.5, 0.6) is 5.75 Å². The van der Waals surface area contributed by atoms with E-state index in [-0.39, 0.29) is 5.91 Å². The minimum atomic E-state index is -0.164. The minimum absolute atomic E-state index is 0.164. The van der Waals surface area contributed by atoms with Gasteiger partial charge in [-0.15, -0.1) is 11.3 Å². The average molecular weight is 381 g/mol. The van der Waals surface area contributed by atoms with Gasteiger partial charge in [0.1, 0.15) is 12.1 Å². The summed E-state index contributed by atoms with van der Waals surface area (Å²) in [5.74, 6) is 0.387. The molecule has 0 saturated carbocycles. The van der Waals surface area contributed by atoms with E-state index in [0.717, 1.165) is 15.1 Å². The zero-order valence-electron chi connectivity index (χ0n) is 11.7. The molecule has 0 fully saturated rings. The number of nitrogens with zero attached hydrogens (tertiary/aromatic N) is 3. The van der Waals surface area contributed by atoms with Crippen LogP contribution < -0.4 is 10.1 Å². The molecule has 1 amide bonds. The van der Waals surface area contributed by atoms with Gasteiger partial charge in [-0.05, 0) is 18.2 Å². The van der Waals surface area contributed by atoms with E-state index in [9.17, 15) is 4.79 Å². The van der Waals surface area contributed by atoms with Crippen molar-refractivity contribution in [2.45, 2.75) is 6.42 Å². The molecule has 3 aromatic rings. The van der Waals surface area contributed by atoms with Gasteiger partial charge in [0, 0.05) is 22.8 Å². The van der Waals surface area contributed by atoms with E-state index in [0.29, 0.717) is 24.3 Å². The summed E-state index contributed by atoms with van der Waals surface area (Å²) in [6.45, 7) is 0.514. The van der Waals surface area contributed by atoms with Gasteiger partial charge in [0.25, 0.3) is 5.91 Å². The maximum atomic E-state index is 12.3. The number of rotatable bonds is 5. The molecule has 0 atom stereocenters. The highest BCUT2D eigenvalue weighted by atomic mass is 79.9. The van der Waals surface area contributed by atoms with Gasteiger partial charge in [-0.2, -0.15) is 5.10 Å². The number of ether oxygens (including phenoxy) is 1. The molecule has 0 aliphatic heterocycles. The van der Waals surface area contributed by atoms with E-state index in [2.05, 4.69) is 31.3 Å². The average Bonchev–Trinajstić information content (AvgIpc) is 3.11. The summed E-state index contributed by atoms with van der Waals surface area (Å²) in [6, 6.07) is 5.34. The molecule has 0 bridgehead atoms. The zero-order valence-corrected chi connectivity index (χ0v) is 14.1. The van der Waals surface area contributed by atoms with E-state index < -0.39 is 0 Å². The number of fused-ring (bicyclic) bond motifs is 1.